The van der Waals surface area contributed by atoms with Gasteiger partial charge in [-0.05, 0) is 47.9 Å². The molecule has 0 spiro atoms. The van der Waals surface area contributed by atoms with E-state index in [1.165, 1.54) is 42.5 Å². The van der Waals surface area contributed by atoms with Crippen molar-refractivity contribution >= 4 is 18.0 Å². The van der Waals surface area contributed by atoms with Crippen LogP contribution in [0.2, 0.25) is 0 Å². The number of hydrogen-bond acceptors (Lipinski definition) is 8. The van der Waals surface area contributed by atoms with Crippen LogP contribution < -0.4 is 0 Å². The van der Waals surface area contributed by atoms with Crippen molar-refractivity contribution in [1.82, 2.24) is 0 Å². The first-order chi connectivity index (χ1) is 14.3. The van der Waals surface area contributed by atoms with Crippen LogP contribution in [-0.4, -0.2) is 45.1 Å². The predicted octanol–water partition coefficient (Wildman–Crippen LogP) is 3.02. The zero-order valence-corrected chi connectivity index (χ0v) is 16.4. The van der Waals surface area contributed by atoms with Crippen LogP contribution in [0.3, 0.4) is 0 Å². The van der Waals surface area contributed by atoms with Crippen LogP contribution in [-0.2, 0) is 25.5 Å². The second-order valence-corrected chi connectivity index (χ2v) is 6.56. The molecule has 0 aromatic heterocycles. The number of benzene rings is 2. The molecule has 0 radical (unpaired) electrons. The summed E-state index contributed by atoms with van der Waals surface area (Å²) >= 11 is 0. The highest BCUT2D eigenvalue weighted by Crippen LogP contribution is 2.26. The highest BCUT2D eigenvalue weighted by atomic mass is 16.6. The Bertz CT molecular complexity index is 919. The van der Waals surface area contributed by atoms with Gasteiger partial charge in [-0.25, -0.2) is 9.59 Å². The molecule has 1 atom stereocenters. The van der Waals surface area contributed by atoms with Crippen LogP contribution in [0.4, 0.5) is 0 Å². The van der Waals surface area contributed by atoms with Gasteiger partial charge in [-0.2, -0.15) is 0 Å². The summed E-state index contributed by atoms with van der Waals surface area (Å²) < 4.78 is 10.4. The second-order valence-electron chi connectivity index (χ2n) is 6.56. The Balaban J connectivity index is 2.10. The average Bonchev–Trinajstić information content (AvgIpc) is 2.71. The molecule has 0 fully saturated rings. The summed E-state index contributed by atoms with van der Waals surface area (Å²) in [6.45, 7) is 2.13. The Hall–Kier alpha value is -3.68. The van der Waals surface area contributed by atoms with Crippen molar-refractivity contribution in [1.29, 1.82) is 0 Å². The third kappa shape index (κ3) is 6.73. The van der Waals surface area contributed by atoms with Crippen LogP contribution in [0.1, 0.15) is 30.9 Å². The molecule has 0 aliphatic carbocycles. The maximum Gasteiger partial charge on any atom is 0.347 e. The first-order valence-electron chi connectivity index (χ1n) is 9.38. The summed E-state index contributed by atoms with van der Waals surface area (Å²) in [7, 11) is 0. The van der Waals surface area contributed by atoms with Gasteiger partial charge in [-0.15, -0.1) is 0 Å². The molecule has 0 amide bonds. The van der Waals surface area contributed by atoms with Crippen molar-refractivity contribution in [3.05, 3.63) is 53.6 Å². The van der Waals surface area contributed by atoms with E-state index < -0.39 is 18.0 Å². The summed E-state index contributed by atoms with van der Waals surface area (Å²) in [5.41, 5.74) is 0.899. The minimum Gasteiger partial charge on any atom is -0.504 e. The number of hydrogen-bond donors (Lipinski definition) is 4. The zero-order chi connectivity index (χ0) is 22.1. The SMILES string of the molecule is CCCCOC(=O)C(Cc1ccc(O)c(O)c1)OC(=O)/C=C/c1ccc(O)c(O)c1. The molecule has 0 aliphatic rings. The van der Waals surface area contributed by atoms with Crippen molar-refractivity contribution in [2.75, 3.05) is 6.61 Å². The number of esters is 2. The lowest BCUT2D eigenvalue weighted by Crippen LogP contribution is -2.31. The molecule has 0 saturated heterocycles. The van der Waals surface area contributed by atoms with E-state index >= 15 is 0 Å². The van der Waals surface area contributed by atoms with E-state index in [1.807, 2.05) is 6.92 Å². The average molecular weight is 416 g/mol. The summed E-state index contributed by atoms with van der Waals surface area (Å²) in [4.78, 5) is 24.6. The Morgan fingerprint density at radius 1 is 0.967 bits per heavy atom. The highest BCUT2D eigenvalue weighted by molar-refractivity contribution is 5.89. The number of carbonyl (C=O) groups excluding carboxylic acids is 2. The summed E-state index contributed by atoms with van der Waals surface area (Å²) in [6, 6.07) is 8.03. The summed E-state index contributed by atoms with van der Waals surface area (Å²) in [6.07, 6.45) is 2.61. The number of rotatable bonds is 9. The molecule has 160 valence electrons. The van der Waals surface area contributed by atoms with E-state index in [0.717, 1.165) is 12.5 Å². The molecule has 0 heterocycles. The smallest absolute Gasteiger partial charge is 0.347 e. The summed E-state index contributed by atoms with van der Waals surface area (Å²) in [5.74, 6) is -2.83. The molecule has 2 rings (SSSR count). The van der Waals surface area contributed by atoms with Gasteiger partial charge < -0.3 is 29.9 Å². The maximum absolute atomic E-state index is 12.4. The number of aromatic hydroxyl groups is 4. The van der Waals surface area contributed by atoms with Gasteiger partial charge in [0.2, 0.25) is 6.10 Å². The quantitative estimate of drug-likeness (QED) is 0.212. The van der Waals surface area contributed by atoms with Gasteiger partial charge >= 0.3 is 11.9 Å². The van der Waals surface area contributed by atoms with Crippen LogP contribution in [0.5, 0.6) is 23.0 Å². The molecular weight excluding hydrogens is 392 g/mol. The predicted molar refractivity (Wildman–Crippen MR) is 108 cm³/mol. The van der Waals surface area contributed by atoms with Crippen molar-refractivity contribution in [2.45, 2.75) is 32.3 Å². The lowest BCUT2D eigenvalue weighted by atomic mass is 10.1. The van der Waals surface area contributed by atoms with Gasteiger partial charge in [0.1, 0.15) is 0 Å². The molecule has 2 aromatic carbocycles. The van der Waals surface area contributed by atoms with E-state index in [-0.39, 0.29) is 36.0 Å². The van der Waals surface area contributed by atoms with Crippen LogP contribution in [0.15, 0.2) is 42.5 Å². The first kappa shape index (κ1) is 22.6. The Kier molecular flexibility index (Phi) is 8.10. The Morgan fingerprint density at radius 3 is 2.27 bits per heavy atom. The fourth-order valence-electron chi connectivity index (χ4n) is 2.48. The fraction of sp³-hybridized carbons (Fsp3) is 0.273. The van der Waals surface area contributed by atoms with E-state index in [1.54, 1.807) is 0 Å². The molecule has 8 nitrogen and oxygen atoms in total. The molecule has 4 N–H and O–H groups in total. The van der Waals surface area contributed by atoms with Gasteiger partial charge in [0.15, 0.2) is 23.0 Å². The number of unbranched alkanes of at least 4 members (excludes halogenated alkanes) is 1. The minimum atomic E-state index is -1.25. The third-order valence-corrected chi connectivity index (χ3v) is 4.14. The Morgan fingerprint density at radius 2 is 1.63 bits per heavy atom. The molecule has 0 bridgehead atoms. The molecule has 0 aliphatic heterocycles. The molecule has 30 heavy (non-hydrogen) atoms. The molecule has 8 heteroatoms. The zero-order valence-electron chi connectivity index (χ0n) is 16.4. The number of carbonyl (C=O) groups is 2. The molecular formula is C22H24O8. The monoisotopic (exact) mass is 416 g/mol. The van der Waals surface area contributed by atoms with E-state index in [2.05, 4.69) is 0 Å². The molecule has 1 unspecified atom stereocenters. The van der Waals surface area contributed by atoms with E-state index in [0.29, 0.717) is 17.5 Å². The second kappa shape index (κ2) is 10.8. The van der Waals surface area contributed by atoms with Gasteiger partial charge in [0, 0.05) is 12.5 Å². The standard InChI is InChI=1S/C22H24O8/c1-2-3-10-29-22(28)20(13-15-5-8-17(24)19(26)12-15)30-21(27)9-6-14-4-7-16(23)18(25)11-14/h4-9,11-12,20,23-26H,2-3,10,13H2,1H3/b9-6+. The topological polar surface area (TPSA) is 134 Å². The lowest BCUT2D eigenvalue weighted by Gasteiger charge is -2.16. The van der Waals surface area contributed by atoms with E-state index in [4.69, 9.17) is 9.47 Å². The van der Waals surface area contributed by atoms with E-state index in [9.17, 15) is 30.0 Å². The highest BCUT2D eigenvalue weighted by Gasteiger charge is 2.24. The largest absolute Gasteiger partial charge is 0.504 e. The van der Waals surface area contributed by atoms with Gasteiger partial charge in [0.25, 0.3) is 0 Å². The van der Waals surface area contributed by atoms with Crippen molar-refractivity contribution in [3.63, 3.8) is 0 Å². The number of phenolic OH excluding ortho intramolecular Hbond substituents is 4. The van der Waals surface area contributed by atoms with Crippen molar-refractivity contribution in [3.8, 4) is 23.0 Å². The summed E-state index contributed by atoms with van der Waals surface area (Å²) in [5, 5.41) is 37.9. The normalized spacial score (nSPS) is 11.9. The van der Waals surface area contributed by atoms with Gasteiger partial charge in [-0.3, -0.25) is 0 Å². The van der Waals surface area contributed by atoms with Crippen LogP contribution in [0, 0.1) is 0 Å². The third-order valence-electron chi connectivity index (χ3n) is 4.14. The van der Waals surface area contributed by atoms with Crippen molar-refractivity contribution < 1.29 is 39.5 Å². The lowest BCUT2D eigenvalue weighted by molar-refractivity contribution is -0.165. The van der Waals surface area contributed by atoms with Gasteiger partial charge in [-0.1, -0.05) is 25.5 Å². The number of phenols is 4. The van der Waals surface area contributed by atoms with Crippen LogP contribution >= 0.6 is 0 Å². The van der Waals surface area contributed by atoms with Gasteiger partial charge in [0.05, 0.1) is 6.61 Å². The fourth-order valence-corrected chi connectivity index (χ4v) is 2.48. The molecule has 2 aromatic rings. The van der Waals surface area contributed by atoms with Crippen LogP contribution in [0.25, 0.3) is 6.08 Å². The van der Waals surface area contributed by atoms with Crippen molar-refractivity contribution in [2.24, 2.45) is 0 Å². The maximum atomic E-state index is 12.4. The first-order valence-corrected chi connectivity index (χ1v) is 9.38. The number of ether oxygens (including phenoxy) is 2. The minimum absolute atomic E-state index is 0.0572. The Labute approximate surface area is 173 Å². The molecule has 0 saturated carbocycles.